The molecule has 1 rings (SSSR count). The predicted molar refractivity (Wildman–Crippen MR) is 200 cm³/mol. The van der Waals surface area contributed by atoms with Gasteiger partial charge < -0.3 is 30.7 Å². The smallest absolute Gasteiger partial charge is 0.315 e. The molecule has 4 amide bonds. The fourth-order valence-electron chi connectivity index (χ4n) is 4.39. The van der Waals surface area contributed by atoms with Gasteiger partial charge in [-0.05, 0) is 75.9 Å². The van der Waals surface area contributed by atoms with Crippen LogP contribution in [-0.4, -0.2) is 102 Å². The summed E-state index contributed by atoms with van der Waals surface area (Å²) in [6.07, 6.45) is 11.3. The maximum atomic E-state index is 12.9. The maximum absolute atomic E-state index is 12.9. The molecule has 5 N–H and O–H groups in total. The number of hydrazine groups is 2. The lowest BCUT2D eigenvalue weighted by Gasteiger charge is -2.42. The molecule has 0 aromatic carbocycles. The van der Waals surface area contributed by atoms with Crippen molar-refractivity contribution in [2.24, 2.45) is 5.10 Å². The largest absolute Gasteiger partial charge is 0.381 e. The summed E-state index contributed by atoms with van der Waals surface area (Å²) in [4.78, 5) is 50.2. The van der Waals surface area contributed by atoms with E-state index in [-0.39, 0.29) is 35.4 Å². The molecule has 0 saturated carbocycles. The minimum Gasteiger partial charge on any atom is -0.381 e. The van der Waals surface area contributed by atoms with E-state index in [1.807, 2.05) is 0 Å². The first-order chi connectivity index (χ1) is 23.6. The van der Waals surface area contributed by atoms with Crippen molar-refractivity contribution in [2.45, 2.75) is 118 Å². The second-order valence-corrected chi connectivity index (χ2v) is 13.9. The van der Waals surface area contributed by atoms with Crippen molar-refractivity contribution in [3.05, 3.63) is 11.1 Å². The molecule has 49 heavy (non-hydrogen) atoms. The van der Waals surface area contributed by atoms with E-state index in [1.54, 1.807) is 11.3 Å². The summed E-state index contributed by atoms with van der Waals surface area (Å²) in [5, 5.41) is 19.2. The molecule has 0 aromatic heterocycles. The van der Waals surface area contributed by atoms with E-state index in [0.717, 1.165) is 88.1 Å². The van der Waals surface area contributed by atoms with Gasteiger partial charge in [0.25, 0.3) is 0 Å². The van der Waals surface area contributed by atoms with Gasteiger partial charge in [-0.2, -0.15) is 5.01 Å². The third-order valence-electron chi connectivity index (χ3n) is 7.48. The molecule has 0 fully saturated rings. The number of thioether (sulfide) groups is 2. The Morgan fingerprint density at radius 2 is 1.20 bits per heavy atom. The van der Waals surface area contributed by atoms with Crippen molar-refractivity contribution in [3.63, 3.8) is 0 Å². The van der Waals surface area contributed by atoms with E-state index < -0.39 is 12.1 Å². The normalized spacial score (nSPS) is 14.0. The third-order valence-corrected chi connectivity index (χ3v) is 9.06. The Morgan fingerprint density at radius 3 is 1.67 bits per heavy atom. The summed E-state index contributed by atoms with van der Waals surface area (Å²) < 4.78 is 11.1. The van der Waals surface area contributed by atoms with Crippen molar-refractivity contribution < 1.29 is 28.7 Å². The minimum absolute atomic E-state index is 0.104. The molecule has 1 heterocycles. The Morgan fingerprint density at radius 1 is 0.735 bits per heavy atom. The highest BCUT2D eigenvalue weighted by atomic mass is 32.2. The van der Waals surface area contributed by atoms with Crippen LogP contribution < -0.4 is 26.7 Å². The number of urea groups is 2. The molecule has 0 saturated heterocycles. The highest BCUT2D eigenvalue weighted by molar-refractivity contribution is 8.26. The van der Waals surface area contributed by atoms with Gasteiger partial charge >= 0.3 is 12.1 Å². The van der Waals surface area contributed by atoms with Gasteiger partial charge in [0.1, 0.15) is 10.1 Å². The van der Waals surface area contributed by atoms with Crippen LogP contribution >= 0.6 is 23.5 Å². The Bertz CT molecular complexity index is 1030. The first kappa shape index (κ1) is 44.5. The van der Waals surface area contributed by atoms with Gasteiger partial charge in [-0.3, -0.25) is 15.0 Å². The first-order valence-electron chi connectivity index (χ1n) is 17.9. The number of hydrogen-bond acceptors (Lipinski definition) is 12. The van der Waals surface area contributed by atoms with Crippen LogP contribution in [0.4, 0.5) is 9.59 Å². The summed E-state index contributed by atoms with van der Waals surface area (Å²) in [5.74, 6) is 0. The molecule has 14 nitrogen and oxygen atoms in total. The molecule has 1 aliphatic heterocycles. The van der Waals surface area contributed by atoms with Crippen LogP contribution in [0.3, 0.4) is 0 Å². The number of rotatable bonds is 26. The van der Waals surface area contributed by atoms with Gasteiger partial charge in [-0.25, -0.2) is 9.59 Å². The fraction of sp³-hybridized carbons (Fsp3) is 0.788. The number of carbonyl (C=O) groups is 4. The number of nitrogens with zero attached hydrogens (tertiary/aromatic N) is 3. The van der Waals surface area contributed by atoms with Gasteiger partial charge in [0.15, 0.2) is 0 Å². The van der Waals surface area contributed by atoms with Crippen LogP contribution in [0.25, 0.3) is 0 Å². The second-order valence-electron chi connectivity index (χ2n) is 11.8. The maximum Gasteiger partial charge on any atom is 0.315 e. The van der Waals surface area contributed by atoms with Gasteiger partial charge in [0, 0.05) is 57.7 Å². The van der Waals surface area contributed by atoms with E-state index in [9.17, 15) is 19.2 Å². The minimum atomic E-state index is -0.432. The average Bonchev–Trinajstić information content (AvgIpc) is 3.08. The van der Waals surface area contributed by atoms with Crippen molar-refractivity contribution in [3.8, 4) is 0 Å². The monoisotopic (exact) mass is 730 g/mol. The highest BCUT2D eigenvalue weighted by Crippen LogP contribution is 2.25. The van der Waals surface area contributed by atoms with Crippen molar-refractivity contribution in [2.75, 3.05) is 52.6 Å². The van der Waals surface area contributed by atoms with Crippen molar-refractivity contribution in [1.82, 2.24) is 36.9 Å². The van der Waals surface area contributed by atoms with Crippen molar-refractivity contribution >= 4 is 50.9 Å². The lowest BCUT2D eigenvalue weighted by molar-refractivity contribution is -0.115. The van der Waals surface area contributed by atoms with Gasteiger partial charge in [-0.1, -0.05) is 53.4 Å². The highest BCUT2D eigenvalue weighted by Gasteiger charge is 2.29. The van der Waals surface area contributed by atoms with Crippen LogP contribution in [0.1, 0.15) is 106 Å². The van der Waals surface area contributed by atoms with E-state index in [4.69, 9.17) is 9.47 Å². The van der Waals surface area contributed by atoms with Gasteiger partial charge in [-0.15, -0.1) is 10.3 Å². The van der Waals surface area contributed by atoms with E-state index in [2.05, 4.69) is 78.3 Å². The standard InChI is InChI=1S/C33H62N8O6S2/c1-7-11-13-19-46-21-15-17-34-32(44)36-24-30(42)48-28-23-29(39-41(38-28)40(26(5)9-3)27(6)10-4)49-31(43)25-37-33(45)35-18-16-22-47-20-14-12-8-2/h23,26-27,38H,7-22,24-25H2,1-6H3,(H2,34,36,44)(H2,35,37,45). The van der Waals surface area contributed by atoms with Crippen LogP contribution in [0, 0.1) is 0 Å². The van der Waals surface area contributed by atoms with E-state index in [1.165, 1.54) is 0 Å². The van der Waals surface area contributed by atoms with Crippen LogP contribution in [0.5, 0.6) is 0 Å². The molecule has 2 atom stereocenters. The summed E-state index contributed by atoms with van der Waals surface area (Å²) in [6, 6.07) is -0.652. The summed E-state index contributed by atoms with van der Waals surface area (Å²) in [5.41, 5.74) is 3.19. The van der Waals surface area contributed by atoms with Crippen LogP contribution in [-0.2, 0) is 19.1 Å². The third kappa shape index (κ3) is 21.3. The number of carbonyl (C=O) groups excluding carboxylic acids is 4. The molecule has 0 radical (unpaired) electrons. The number of unbranched alkanes of at least 4 members (excludes halogenated alkanes) is 4. The molecule has 2 unspecified atom stereocenters. The molecular formula is C33H62N8O6S2. The van der Waals surface area contributed by atoms with Crippen LogP contribution in [0.2, 0.25) is 0 Å². The summed E-state index contributed by atoms with van der Waals surface area (Å²) >= 11 is 1.80. The van der Waals surface area contributed by atoms with E-state index in [0.29, 0.717) is 49.2 Å². The summed E-state index contributed by atoms with van der Waals surface area (Å²) in [6.45, 7) is 15.7. The second kappa shape index (κ2) is 28.2. The first-order valence-corrected chi connectivity index (χ1v) is 19.5. The molecular weight excluding hydrogens is 669 g/mol. The summed E-state index contributed by atoms with van der Waals surface area (Å²) in [7, 11) is 0. The number of ether oxygens (including phenoxy) is 2. The zero-order valence-corrected chi connectivity index (χ0v) is 32.2. The molecule has 0 aromatic rings. The zero-order chi connectivity index (χ0) is 36.3. The SMILES string of the molecule is CCCCCOCCCNC(=O)NCC(=O)SC1=CC(SC(=O)CNC(=O)NCCCOCCCCC)=NN(N(C(C)CC)C(C)CC)N1. The Labute approximate surface area is 302 Å². The zero-order valence-electron chi connectivity index (χ0n) is 30.6. The fourth-order valence-corrected chi connectivity index (χ4v) is 5.82. The Balaban J connectivity index is 2.68. The Kier molecular flexibility index (Phi) is 25.6. The lowest BCUT2D eigenvalue weighted by atomic mass is 10.2. The van der Waals surface area contributed by atoms with E-state index >= 15 is 0 Å². The number of nitrogens with one attached hydrogen (secondary N) is 5. The average molecular weight is 731 g/mol. The molecule has 0 spiro atoms. The molecule has 282 valence electrons. The molecule has 0 bridgehead atoms. The number of hydrazone groups is 1. The molecule has 1 aliphatic rings. The number of amides is 4. The molecule has 0 aliphatic carbocycles. The topological polar surface area (TPSA) is 166 Å². The van der Waals surface area contributed by atoms with Crippen molar-refractivity contribution in [1.29, 1.82) is 0 Å². The number of hydrogen-bond donors (Lipinski definition) is 5. The van der Waals surface area contributed by atoms with Gasteiger partial charge in [0.2, 0.25) is 10.2 Å². The molecule has 16 heteroatoms. The van der Waals surface area contributed by atoms with Gasteiger partial charge in [0.05, 0.1) is 13.1 Å². The lowest BCUT2D eigenvalue weighted by Crippen LogP contribution is -2.56. The quantitative estimate of drug-likeness (QED) is 0.0754. The Hall–Kier alpha value is -2.53. The van der Waals surface area contributed by atoms with Crippen LogP contribution in [0.15, 0.2) is 16.2 Å². The predicted octanol–water partition coefficient (Wildman–Crippen LogP) is 5.09.